The van der Waals surface area contributed by atoms with E-state index in [1.165, 1.54) is 22.1 Å². The molecule has 0 bridgehead atoms. The van der Waals surface area contributed by atoms with Crippen molar-refractivity contribution in [2.24, 2.45) is 0 Å². The third-order valence-corrected chi connectivity index (χ3v) is 7.30. The summed E-state index contributed by atoms with van der Waals surface area (Å²) < 4.78 is 32.1. The van der Waals surface area contributed by atoms with Crippen molar-refractivity contribution in [2.45, 2.75) is 11.8 Å². The minimum atomic E-state index is -3.61. The molecule has 156 valence electrons. The zero-order chi connectivity index (χ0) is 20.4. The molecule has 8 nitrogen and oxygen atoms in total. The number of ether oxygens (including phenoxy) is 1. The minimum Gasteiger partial charge on any atom is -0.379 e. The Morgan fingerprint density at radius 2 is 1.76 bits per heavy atom. The molecule has 1 aromatic carbocycles. The zero-order valence-electron chi connectivity index (χ0n) is 16.5. The van der Waals surface area contributed by atoms with Crippen molar-refractivity contribution in [3.05, 3.63) is 47.8 Å². The van der Waals surface area contributed by atoms with Crippen LogP contribution < -0.4 is 4.90 Å². The molecule has 0 atom stereocenters. The summed E-state index contributed by atoms with van der Waals surface area (Å²) in [7, 11) is -3.61. The Morgan fingerprint density at radius 1 is 1.03 bits per heavy atom. The fourth-order valence-corrected chi connectivity index (χ4v) is 5.15. The van der Waals surface area contributed by atoms with Crippen molar-refractivity contribution in [2.75, 3.05) is 57.4 Å². The Labute approximate surface area is 171 Å². The van der Waals surface area contributed by atoms with Gasteiger partial charge in [-0.25, -0.2) is 8.42 Å². The number of piperazine rings is 1. The number of anilines is 1. The summed E-state index contributed by atoms with van der Waals surface area (Å²) in [5.74, 6) is -0.169. The van der Waals surface area contributed by atoms with Gasteiger partial charge in [0.05, 0.1) is 13.2 Å². The quantitative estimate of drug-likeness (QED) is 0.809. The number of aryl methyl sites for hydroxylation is 1. The molecule has 1 amide bonds. The van der Waals surface area contributed by atoms with E-state index < -0.39 is 10.0 Å². The summed E-state index contributed by atoms with van der Waals surface area (Å²) >= 11 is 0. The summed E-state index contributed by atoms with van der Waals surface area (Å²) in [6, 6.07) is 9.78. The van der Waals surface area contributed by atoms with Gasteiger partial charge in [0, 0.05) is 51.2 Å². The van der Waals surface area contributed by atoms with Crippen molar-refractivity contribution < 1.29 is 17.9 Å². The molecule has 2 fully saturated rings. The summed E-state index contributed by atoms with van der Waals surface area (Å²) in [6.45, 7) is 6.19. The number of rotatable bonds is 4. The van der Waals surface area contributed by atoms with Crippen LogP contribution in [0, 0.1) is 6.92 Å². The highest BCUT2D eigenvalue weighted by atomic mass is 32.2. The lowest BCUT2D eigenvalue weighted by atomic mass is 10.2. The third-order valence-electron chi connectivity index (χ3n) is 5.43. The van der Waals surface area contributed by atoms with E-state index in [4.69, 9.17) is 4.74 Å². The van der Waals surface area contributed by atoms with Crippen molar-refractivity contribution in [3.63, 3.8) is 0 Å². The summed E-state index contributed by atoms with van der Waals surface area (Å²) in [6.07, 6.45) is 1.40. The first-order valence-electron chi connectivity index (χ1n) is 9.82. The second-order valence-electron chi connectivity index (χ2n) is 7.38. The van der Waals surface area contributed by atoms with Gasteiger partial charge < -0.3 is 19.5 Å². The predicted molar refractivity (Wildman–Crippen MR) is 110 cm³/mol. The van der Waals surface area contributed by atoms with E-state index in [0.29, 0.717) is 45.1 Å². The molecule has 2 aliphatic rings. The smallest absolute Gasteiger partial charge is 0.270 e. The molecular weight excluding hydrogens is 392 g/mol. The molecule has 2 aliphatic heterocycles. The molecule has 2 saturated heterocycles. The average Bonchev–Trinajstić information content (AvgIpc) is 3.25. The SMILES string of the molecule is Cc1cccc(N2CCN(C(=O)c3cc(S(=O)(=O)N4CCOCC4)c[nH]3)CC2)c1. The fraction of sp³-hybridized carbons (Fsp3) is 0.450. The molecule has 0 radical (unpaired) electrons. The highest BCUT2D eigenvalue weighted by Gasteiger charge is 2.29. The van der Waals surface area contributed by atoms with E-state index in [9.17, 15) is 13.2 Å². The van der Waals surface area contributed by atoms with Gasteiger partial charge in [0.15, 0.2) is 0 Å². The van der Waals surface area contributed by atoms with Crippen LogP contribution in [0.15, 0.2) is 41.4 Å². The number of hydrogen-bond acceptors (Lipinski definition) is 5. The number of benzene rings is 1. The standard InChI is InChI=1S/C20H26N4O4S/c1-16-3-2-4-17(13-16)22-5-7-23(8-6-22)20(25)19-14-18(15-21-19)29(26,27)24-9-11-28-12-10-24/h2-4,13-15,21H,5-12H2,1H3. The lowest BCUT2D eigenvalue weighted by molar-refractivity contribution is 0.0729. The predicted octanol–water partition coefficient (Wildman–Crippen LogP) is 1.31. The number of hydrogen-bond donors (Lipinski definition) is 1. The number of carbonyl (C=O) groups excluding carboxylic acids is 1. The van der Waals surface area contributed by atoms with Gasteiger partial charge >= 0.3 is 0 Å². The molecule has 0 unspecified atom stereocenters. The van der Waals surface area contributed by atoms with Crippen LogP contribution in [0.2, 0.25) is 0 Å². The van der Waals surface area contributed by atoms with Gasteiger partial charge in [-0.05, 0) is 30.7 Å². The van der Waals surface area contributed by atoms with E-state index in [2.05, 4.69) is 35.0 Å². The van der Waals surface area contributed by atoms with Crippen LogP contribution in [0.1, 0.15) is 16.1 Å². The van der Waals surface area contributed by atoms with Gasteiger partial charge in [-0.3, -0.25) is 4.79 Å². The number of nitrogens with one attached hydrogen (secondary N) is 1. The Hall–Kier alpha value is -2.36. The molecule has 29 heavy (non-hydrogen) atoms. The van der Waals surface area contributed by atoms with Gasteiger partial charge in [-0.2, -0.15) is 4.31 Å². The first kappa shape index (κ1) is 19.9. The van der Waals surface area contributed by atoms with Crippen molar-refractivity contribution >= 4 is 21.6 Å². The van der Waals surface area contributed by atoms with Gasteiger partial charge in [0.1, 0.15) is 10.6 Å². The normalized spacial score (nSPS) is 18.8. The third kappa shape index (κ3) is 4.17. The second-order valence-corrected chi connectivity index (χ2v) is 9.32. The molecular formula is C20H26N4O4S. The van der Waals surface area contributed by atoms with E-state index >= 15 is 0 Å². The maximum atomic E-state index is 12.9. The molecule has 1 N–H and O–H groups in total. The van der Waals surface area contributed by atoms with Crippen molar-refractivity contribution in [1.82, 2.24) is 14.2 Å². The molecule has 0 aliphatic carbocycles. The van der Waals surface area contributed by atoms with E-state index in [-0.39, 0.29) is 10.8 Å². The number of morpholine rings is 1. The number of H-pyrrole nitrogens is 1. The van der Waals surface area contributed by atoms with Crippen LogP contribution in [0.25, 0.3) is 0 Å². The number of nitrogens with zero attached hydrogens (tertiary/aromatic N) is 3. The van der Waals surface area contributed by atoms with E-state index in [1.807, 2.05) is 6.07 Å². The summed E-state index contributed by atoms with van der Waals surface area (Å²) in [5.41, 5.74) is 2.68. The van der Waals surface area contributed by atoms with Crippen LogP contribution in [-0.4, -0.2) is 81.0 Å². The summed E-state index contributed by atoms with van der Waals surface area (Å²) in [5, 5.41) is 0. The van der Waals surface area contributed by atoms with E-state index in [0.717, 1.165) is 18.8 Å². The maximum Gasteiger partial charge on any atom is 0.270 e. The van der Waals surface area contributed by atoms with Crippen LogP contribution in [-0.2, 0) is 14.8 Å². The second kappa shape index (κ2) is 8.17. The first-order chi connectivity index (χ1) is 13.9. The lowest BCUT2D eigenvalue weighted by Gasteiger charge is -2.36. The number of aromatic amines is 1. The first-order valence-corrected chi connectivity index (χ1v) is 11.3. The fourth-order valence-electron chi connectivity index (χ4n) is 3.75. The average molecular weight is 419 g/mol. The summed E-state index contributed by atoms with van der Waals surface area (Å²) in [4.78, 5) is 19.9. The Balaban J connectivity index is 1.41. The van der Waals surface area contributed by atoms with Gasteiger partial charge in [-0.15, -0.1) is 0 Å². The van der Waals surface area contributed by atoms with Gasteiger partial charge in [-0.1, -0.05) is 12.1 Å². The molecule has 0 spiro atoms. The molecule has 4 rings (SSSR count). The van der Waals surface area contributed by atoms with E-state index in [1.54, 1.807) is 4.90 Å². The van der Waals surface area contributed by atoms with Crippen LogP contribution in [0.3, 0.4) is 0 Å². The largest absolute Gasteiger partial charge is 0.379 e. The van der Waals surface area contributed by atoms with Crippen LogP contribution in [0.5, 0.6) is 0 Å². The van der Waals surface area contributed by atoms with Gasteiger partial charge in [0.25, 0.3) is 5.91 Å². The Bertz CT molecular complexity index is 974. The maximum absolute atomic E-state index is 12.9. The molecule has 2 aromatic rings. The van der Waals surface area contributed by atoms with Gasteiger partial charge in [0.2, 0.25) is 10.0 Å². The van der Waals surface area contributed by atoms with Crippen molar-refractivity contribution in [1.29, 1.82) is 0 Å². The zero-order valence-corrected chi connectivity index (χ0v) is 17.3. The van der Waals surface area contributed by atoms with Crippen molar-refractivity contribution in [3.8, 4) is 0 Å². The topological polar surface area (TPSA) is 86.0 Å². The highest BCUT2D eigenvalue weighted by Crippen LogP contribution is 2.21. The number of amides is 1. The number of aromatic nitrogens is 1. The Morgan fingerprint density at radius 3 is 2.45 bits per heavy atom. The van der Waals surface area contributed by atoms with Crippen LogP contribution >= 0.6 is 0 Å². The van der Waals surface area contributed by atoms with Crippen LogP contribution in [0.4, 0.5) is 5.69 Å². The minimum absolute atomic E-state index is 0.126. The number of sulfonamides is 1. The molecule has 9 heteroatoms. The molecule has 3 heterocycles. The Kier molecular flexibility index (Phi) is 5.62. The lowest BCUT2D eigenvalue weighted by Crippen LogP contribution is -2.48. The molecule has 0 saturated carbocycles. The molecule has 1 aromatic heterocycles. The monoisotopic (exact) mass is 418 g/mol. The number of carbonyl (C=O) groups is 1. The highest BCUT2D eigenvalue weighted by molar-refractivity contribution is 7.89.